The number of amides is 1. The Morgan fingerprint density at radius 3 is 2.52 bits per heavy atom. The first kappa shape index (κ1) is 21.2. The van der Waals surface area contributed by atoms with Gasteiger partial charge in [0.15, 0.2) is 6.61 Å². The number of nitrogens with zero attached hydrogens (tertiary/aromatic N) is 3. The molecule has 0 atom stereocenters. The van der Waals surface area contributed by atoms with Gasteiger partial charge < -0.3 is 19.1 Å². The van der Waals surface area contributed by atoms with Gasteiger partial charge in [-0.05, 0) is 45.0 Å². The van der Waals surface area contributed by atoms with E-state index in [1.54, 1.807) is 9.58 Å². The standard InChI is InChI=1S/C20H24BrN3O5/c1-20(2,3)29-19(26)23-10-9-16-15(11-23)18(28-12-17(25)27-4)22-24(16)14-7-5-13(21)6-8-14/h5-8H,9-12H2,1-4H3. The van der Waals surface area contributed by atoms with Crippen molar-refractivity contribution in [3.8, 4) is 11.6 Å². The van der Waals surface area contributed by atoms with Crippen molar-refractivity contribution in [3.63, 3.8) is 0 Å². The van der Waals surface area contributed by atoms with E-state index in [0.717, 1.165) is 21.4 Å². The first-order valence-corrected chi connectivity index (χ1v) is 10.0. The fraction of sp³-hybridized carbons (Fsp3) is 0.450. The zero-order valence-electron chi connectivity index (χ0n) is 16.9. The number of benzene rings is 1. The number of aromatic nitrogens is 2. The van der Waals surface area contributed by atoms with E-state index in [-0.39, 0.29) is 13.2 Å². The number of carbonyl (C=O) groups is 2. The third-order valence-corrected chi connectivity index (χ3v) is 4.83. The number of hydrogen-bond donors (Lipinski definition) is 0. The van der Waals surface area contributed by atoms with Crippen LogP contribution < -0.4 is 4.74 Å². The lowest BCUT2D eigenvalue weighted by atomic mass is 10.1. The predicted molar refractivity (Wildman–Crippen MR) is 109 cm³/mol. The summed E-state index contributed by atoms with van der Waals surface area (Å²) in [5.41, 5.74) is 1.98. The van der Waals surface area contributed by atoms with Crippen LogP contribution in [0.3, 0.4) is 0 Å². The summed E-state index contributed by atoms with van der Waals surface area (Å²) in [7, 11) is 1.30. The van der Waals surface area contributed by atoms with Crippen LogP contribution in [0.15, 0.2) is 28.7 Å². The summed E-state index contributed by atoms with van der Waals surface area (Å²) in [6.07, 6.45) is 0.192. The van der Waals surface area contributed by atoms with Crippen molar-refractivity contribution < 1.29 is 23.8 Å². The summed E-state index contributed by atoms with van der Waals surface area (Å²) < 4.78 is 18.5. The van der Waals surface area contributed by atoms with Gasteiger partial charge in [0.05, 0.1) is 30.6 Å². The van der Waals surface area contributed by atoms with Crippen molar-refractivity contribution in [1.29, 1.82) is 0 Å². The molecule has 3 rings (SSSR count). The van der Waals surface area contributed by atoms with Gasteiger partial charge in [-0.1, -0.05) is 15.9 Å². The third kappa shape index (κ3) is 5.09. The molecule has 8 nitrogen and oxygen atoms in total. The maximum Gasteiger partial charge on any atom is 0.410 e. The Hall–Kier alpha value is -2.55. The molecule has 0 saturated heterocycles. The predicted octanol–water partition coefficient (Wildman–Crippen LogP) is 3.48. The molecule has 0 unspecified atom stereocenters. The Labute approximate surface area is 177 Å². The number of esters is 1. The number of carbonyl (C=O) groups excluding carboxylic acids is 2. The number of ether oxygens (including phenoxy) is 3. The molecule has 1 aliphatic heterocycles. The van der Waals surface area contributed by atoms with Crippen molar-refractivity contribution >= 4 is 28.0 Å². The van der Waals surface area contributed by atoms with E-state index in [1.807, 2.05) is 45.0 Å². The van der Waals surface area contributed by atoms with Gasteiger partial charge in [-0.3, -0.25) is 0 Å². The van der Waals surface area contributed by atoms with Gasteiger partial charge in [-0.15, -0.1) is 5.10 Å². The Balaban J connectivity index is 1.92. The van der Waals surface area contributed by atoms with Gasteiger partial charge in [0.25, 0.3) is 0 Å². The molecule has 2 heterocycles. The van der Waals surface area contributed by atoms with Crippen LogP contribution in [-0.2, 0) is 27.2 Å². The van der Waals surface area contributed by atoms with Crippen LogP contribution in [0.1, 0.15) is 32.0 Å². The lowest BCUT2D eigenvalue weighted by Gasteiger charge is -2.30. The van der Waals surface area contributed by atoms with Crippen molar-refractivity contribution in [2.24, 2.45) is 0 Å². The molecule has 2 aromatic rings. The van der Waals surface area contributed by atoms with E-state index < -0.39 is 17.7 Å². The van der Waals surface area contributed by atoms with Crippen molar-refractivity contribution in [2.45, 2.75) is 39.3 Å². The summed E-state index contributed by atoms with van der Waals surface area (Å²) in [4.78, 5) is 25.7. The summed E-state index contributed by atoms with van der Waals surface area (Å²) in [5, 5.41) is 4.56. The molecule has 29 heavy (non-hydrogen) atoms. The van der Waals surface area contributed by atoms with Crippen LogP contribution in [0.4, 0.5) is 4.79 Å². The van der Waals surface area contributed by atoms with Crippen LogP contribution in [0.25, 0.3) is 5.69 Å². The zero-order valence-corrected chi connectivity index (χ0v) is 18.5. The van der Waals surface area contributed by atoms with E-state index in [4.69, 9.17) is 9.47 Å². The molecule has 1 aromatic carbocycles. The van der Waals surface area contributed by atoms with Crippen molar-refractivity contribution in [3.05, 3.63) is 40.0 Å². The summed E-state index contributed by atoms with van der Waals surface area (Å²) >= 11 is 3.43. The van der Waals surface area contributed by atoms with Gasteiger partial charge in [-0.25, -0.2) is 14.3 Å². The number of hydrogen-bond acceptors (Lipinski definition) is 6. The largest absolute Gasteiger partial charge is 0.466 e. The molecule has 0 spiro atoms. The molecule has 0 radical (unpaired) electrons. The highest BCUT2D eigenvalue weighted by molar-refractivity contribution is 9.10. The van der Waals surface area contributed by atoms with Crippen molar-refractivity contribution in [1.82, 2.24) is 14.7 Å². The fourth-order valence-electron chi connectivity index (χ4n) is 2.97. The number of rotatable bonds is 4. The van der Waals surface area contributed by atoms with Crippen LogP contribution >= 0.6 is 15.9 Å². The molecule has 0 fully saturated rings. The number of fused-ring (bicyclic) bond motifs is 1. The second-order valence-corrected chi connectivity index (χ2v) is 8.55. The van der Waals surface area contributed by atoms with Crippen LogP contribution in [0.2, 0.25) is 0 Å². The van der Waals surface area contributed by atoms with Crippen molar-refractivity contribution in [2.75, 3.05) is 20.3 Å². The Bertz CT molecular complexity index is 902. The Kier molecular flexibility index (Phi) is 6.16. The average molecular weight is 466 g/mol. The molecule has 1 aromatic heterocycles. The van der Waals surface area contributed by atoms with E-state index >= 15 is 0 Å². The molecular formula is C20H24BrN3O5. The molecule has 0 bridgehead atoms. The fourth-order valence-corrected chi connectivity index (χ4v) is 3.23. The molecule has 0 aliphatic carbocycles. The summed E-state index contributed by atoms with van der Waals surface area (Å²) in [5.74, 6) is -0.196. The smallest absolute Gasteiger partial charge is 0.410 e. The van der Waals surface area contributed by atoms with Gasteiger partial charge in [-0.2, -0.15) is 0 Å². The zero-order chi connectivity index (χ0) is 21.2. The molecule has 156 valence electrons. The van der Waals surface area contributed by atoms with Gasteiger partial charge in [0.2, 0.25) is 5.88 Å². The Morgan fingerprint density at radius 2 is 1.90 bits per heavy atom. The topological polar surface area (TPSA) is 82.9 Å². The molecule has 1 aliphatic rings. The summed E-state index contributed by atoms with van der Waals surface area (Å²) in [6, 6.07) is 7.71. The molecule has 9 heteroatoms. The highest BCUT2D eigenvalue weighted by atomic mass is 79.9. The average Bonchev–Trinajstić information content (AvgIpc) is 3.03. The lowest BCUT2D eigenvalue weighted by molar-refractivity contribution is -0.143. The maximum atomic E-state index is 12.5. The minimum atomic E-state index is -0.580. The highest BCUT2D eigenvalue weighted by Crippen LogP contribution is 2.31. The van der Waals surface area contributed by atoms with E-state index in [9.17, 15) is 9.59 Å². The second kappa shape index (κ2) is 8.44. The van der Waals surface area contributed by atoms with Crippen LogP contribution in [0.5, 0.6) is 5.88 Å². The molecule has 1 amide bonds. The SMILES string of the molecule is COC(=O)COc1nn(-c2ccc(Br)cc2)c2c1CN(C(=O)OC(C)(C)C)CC2. The third-order valence-electron chi connectivity index (χ3n) is 4.30. The van der Waals surface area contributed by atoms with Gasteiger partial charge >= 0.3 is 12.1 Å². The second-order valence-electron chi connectivity index (χ2n) is 7.64. The van der Waals surface area contributed by atoms with E-state index in [0.29, 0.717) is 18.8 Å². The van der Waals surface area contributed by atoms with E-state index in [2.05, 4.69) is 25.8 Å². The minimum absolute atomic E-state index is 0.257. The number of methoxy groups -OCH3 is 1. The maximum absolute atomic E-state index is 12.5. The summed E-state index contributed by atoms with van der Waals surface area (Å²) in [6.45, 7) is 6.02. The Morgan fingerprint density at radius 1 is 1.21 bits per heavy atom. The quantitative estimate of drug-likeness (QED) is 0.642. The van der Waals surface area contributed by atoms with E-state index in [1.165, 1.54) is 7.11 Å². The van der Waals surface area contributed by atoms with Crippen LogP contribution in [-0.4, -0.2) is 52.6 Å². The first-order chi connectivity index (χ1) is 13.7. The molecular weight excluding hydrogens is 442 g/mol. The molecule has 0 saturated carbocycles. The monoisotopic (exact) mass is 465 g/mol. The lowest BCUT2D eigenvalue weighted by Crippen LogP contribution is -2.40. The normalized spacial score (nSPS) is 13.6. The highest BCUT2D eigenvalue weighted by Gasteiger charge is 2.31. The van der Waals surface area contributed by atoms with Gasteiger partial charge in [0.1, 0.15) is 5.60 Å². The number of halogens is 1. The minimum Gasteiger partial charge on any atom is -0.466 e. The first-order valence-electron chi connectivity index (χ1n) is 9.22. The van der Waals surface area contributed by atoms with Crippen LogP contribution in [0, 0.1) is 0 Å². The van der Waals surface area contributed by atoms with Gasteiger partial charge in [0, 0.05) is 17.4 Å². The molecule has 0 N–H and O–H groups in total.